The molecule has 1 N–H and O–H groups in total. The van der Waals surface area contributed by atoms with E-state index in [4.69, 9.17) is 18.1 Å². The molecule has 7 nitrogen and oxygen atoms in total. The molecule has 0 saturated heterocycles. The molecule has 2 aromatic rings. The molecular weight excluding hydrogens is 484 g/mol. The van der Waals surface area contributed by atoms with Crippen molar-refractivity contribution in [3.63, 3.8) is 0 Å². The minimum Gasteiger partial charge on any atom is -0.308 e. The van der Waals surface area contributed by atoms with E-state index in [9.17, 15) is 9.13 Å². The summed E-state index contributed by atoms with van der Waals surface area (Å²) in [4.78, 5) is 0. The highest BCUT2D eigenvalue weighted by atomic mass is 31.2. The fourth-order valence-corrected chi connectivity index (χ4v) is 7.98. The lowest BCUT2D eigenvalue weighted by molar-refractivity contribution is 0.192. The minimum absolute atomic E-state index is 0.240. The second-order valence-corrected chi connectivity index (χ2v) is 12.4. The largest absolute Gasteiger partial charge is 0.347 e. The summed E-state index contributed by atoms with van der Waals surface area (Å²) in [5.41, 5.74) is 2.22. The first-order chi connectivity index (χ1) is 16.9. The number of benzene rings is 2. The Morgan fingerprint density at radius 3 is 1.20 bits per heavy atom. The van der Waals surface area contributed by atoms with Crippen molar-refractivity contribution in [1.82, 2.24) is 5.32 Å². The second-order valence-electron chi connectivity index (χ2n) is 8.00. The molecule has 35 heavy (non-hydrogen) atoms. The monoisotopic (exact) mass is 525 g/mol. The van der Waals surface area contributed by atoms with Crippen LogP contribution in [0.4, 0.5) is 0 Å². The number of aryl methyl sites for hydroxylation is 2. The van der Waals surface area contributed by atoms with Crippen LogP contribution >= 0.6 is 15.2 Å². The Bertz CT molecular complexity index is 832. The molecule has 2 rings (SSSR count). The summed E-state index contributed by atoms with van der Waals surface area (Å²) >= 11 is 0. The first-order valence-corrected chi connectivity index (χ1v) is 15.7. The molecule has 0 fully saturated rings. The van der Waals surface area contributed by atoms with Gasteiger partial charge in [-0.15, -0.1) is 0 Å². The highest BCUT2D eigenvalue weighted by Crippen LogP contribution is 2.58. The van der Waals surface area contributed by atoms with E-state index in [0.717, 1.165) is 11.1 Å². The van der Waals surface area contributed by atoms with Gasteiger partial charge in [-0.05, 0) is 64.5 Å². The quantitative estimate of drug-likeness (QED) is 0.209. The van der Waals surface area contributed by atoms with Gasteiger partial charge in [-0.2, -0.15) is 0 Å². The molecule has 0 aliphatic rings. The Kier molecular flexibility index (Phi) is 13.5. The molecule has 2 unspecified atom stereocenters. The van der Waals surface area contributed by atoms with Crippen LogP contribution < -0.4 is 5.32 Å². The summed E-state index contributed by atoms with van der Waals surface area (Å²) in [5.74, 6) is -1.37. The van der Waals surface area contributed by atoms with E-state index in [1.165, 1.54) is 0 Å². The fourth-order valence-electron chi connectivity index (χ4n) is 3.94. The smallest absolute Gasteiger partial charge is 0.308 e. The van der Waals surface area contributed by atoms with Crippen molar-refractivity contribution < 1.29 is 27.2 Å². The lowest BCUT2D eigenvalue weighted by Gasteiger charge is -2.34. The first kappa shape index (κ1) is 29.9. The van der Waals surface area contributed by atoms with Crippen molar-refractivity contribution in [3.05, 3.63) is 71.8 Å². The van der Waals surface area contributed by atoms with Crippen molar-refractivity contribution in [2.75, 3.05) is 26.4 Å². The van der Waals surface area contributed by atoms with Gasteiger partial charge >= 0.3 is 15.2 Å². The summed E-state index contributed by atoms with van der Waals surface area (Å²) in [7, 11) is -7.13. The van der Waals surface area contributed by atoms with Crippen LogP contribution in [0.2, 0.25) is 0 Å². The van der Waals surface area contributed by atoms with Gasteiger partial charge in [0.1, 0.15) is 11.6 Å². The molecule has 0 bridgehead atoms. The average Bonchev–Trinajstić information content (AvgIpc) is 2.85. The Balaban J connectivity index is 2.38. The van der Waals surface area contributed by atoms with Crippen LogP contribution in [0.1, 0.15) is 51.7 Å². The zero-order valence-electron chi connectivity index (χ0n) is 21.4. The van der Waals surface area contributed by atoms with Crippen LogP contribution in [-0.4, -0.2) is 38.0 Å². The van der Waals surface area contributed by atoms with Crippen LogP contribution in [0.15, 0.2) is 60.7 Å². The highest BCUT2D eigenvalue weighted by Gasteiger charge is 2.42. The molecule has 0 aliphatic heterocycles. The molecular formula is C26H41NO6P2. The maximum absolute atomic E-state index is 13.9. The van der Waals surface area contributed by atoms with Crippen molar-refractivity contribution in [1.29, 1.82) is 0 Å². The van der Waals surface area contributed by atoms with Gasteiger partial charge in [0, 0.05) is 0 Å². The zero-order valence-corrected chi connectivity index (χ0v) is 23.2. The van der Waals surface area contributed by atoms with E-state index in [1.807, 2.05) is 60.7 Å². The zero-order chi connectivity index (χ0) is 25.6. The number of hydrogen-bond acceptors (Lipinski definition) is 7. The van der Waals surface area contributed by atoms with Gasteiger partial charge in [-0.1, -0.05) is 60.7 Å². The summed E-state index contributed by atoms with van der Waals surface area (Å²) in [6.07, 6.45) is 2.26. The summed E-state index contributed by atoms with van der Waals surface area (Å²) in [6.45, 7) is 8.12. The van der Waals surface area contributed by atoms with E-state index < -0.39 is 26.8 Å². The van der Waals surface area contributed by atoms with Gasteiger partial charge in [-0.3, -0.25) is 14.4 Å². The lowest BCUT2D eigenvalue weighted by atomic mass is 10.1. The van der Waals surface area contributed by atoms with E-state index >= 15 is 0 Å². The molecule has 2 aromatic carbocycles. The molecule has 9 heteroatoms. The predicted octanol–water partition coefficient (Wildman–Crippen LogP) is 7.03. The number of hydrogen-bond donors (Lipinski definition) is 1. The van der Waals surface area contributed by atoms with E-state index in [-0.39, 0.29) is 26.4 Å². The Morgan fingerprint density at radius 2 is 0.914 bits per heavy atom. The molecule has 2 atom stereocenters. The maximum atomic E-state index is 13.9. The topological polar surface area (TPSA) is 83.1 Å². The van der Waals surface area contributed by atoms with Gasteiger partial charge < -0.3 is 18.1 Å². The first-order valence-electron chi connectivity index (χ1n) is 12.5. The third-order valence-corrected chi connectivity index (χ3v) is 10.3. The van der Waals surface area contributed by atoms with E-state index in [2.05, 4.69) is 5.32 Å². The Morgan fingerprint density at radius 1 is 0.600 bits per heavy atom. The molecule has 0 amide bonds. The van der Waals surface area contributed by atoms with Gasteiger partial charge in [0.05, 0.1) is 26.4 Å². The van der Waals surface area contributed by atoms with Crippen molar-refractivity contribution in [2.24, 2.45) is 0 Å². The Labute approximate surface area is 211 Å². The van der Waals surface area contributed by atoms with Gasteiger partial charge in [0.2, 0.25) is 0 Å². The third kappa shape index (κ3) is 9.59. The summed E-state index contributed by atoms with van der Waals surface area (Å²) < 4.78 is 50.7. The van der Waals surface area contributed by atoms with Crippen LogP contribution in [0, 0.1) is 0 Å². The molecule has 0 spiro atoms. The van der Waals surface area contributed by atoms with Crippen molar-refractivity contribution in [3.8, 4) is 0 Å². The minimum atomic E-state index is -3.57. The van der Waals surface area contributed by atoms with Crippen LogP contribution in [0.25, 0.3) is 0 Å². The normalized spacial score (nSPS) is 14.1. The van der Waals surface area contributed by atoms with Gasteiger partial charge in [-0.25, -0.2) is 0 Å². The molecule has 0 saturated carbocycles. The highest BCUT2D eigenvalue weighted by molar-refractivity contribution is 7.55. The predicted molar refractivity (Wildman–Crippen MR) is 142 cm³/mol. The maximum Gasteiger partial charge on any atom is 0.347 e. The van der Waals surface area contributed by atoms with E-state index in [0.29, 0.717) is 25.7 Å². The fraction of sp³-hybridized carbons (Fsp3) is 0.538. The SMILES string of the molecule is CCOP(=O)(OCC)C(CCc1ccccc1)NC(CCc1ccccc1)P(=O)(OCC)OCC. The van der Waals surface area contributed by atoms with Crippen LogP contribution in [-0.2, 0) is 40.1 Å². The number of rotatable bonds is 18. The van der Waals surface area contributed by atoms with Gasteiger partial charge in [0.15, 0.2) is 0 Å². The summed E-state index contributed by atoms with van der Waals surface area (Å²) in [5, 5.41) is 3.39. The van der Waals surface area contributed by atoms with E-state index in [1.54, 1.807) is 27.7 Å². The van der Waals surface area contributed by atoms with Crippen molar-refractivity contribution in [2.45, 2.75) is 64.9 Å². The average molecular weight is 526 g/mol. The third-order valence-electron chi connectivity index (χ3n) is 5.48. The molecule has 0 heterocycles. The summed E-state index contributed by atoms with van der Waals surface area (Å²) in [6, 6.07) is 19.9. The van der Waals surface area contributed by atoms with Crippen LogP contribution in [0.3, 0.4) is 0 Å². The Hall–Kier alpha value is -1.30. The van der Waals surface area contributed by atoms with Gasteiger partial charge in [0.25, 0.3) is 0 Å². The van der Waals surface area contributed by atoms with Crippen molar-refractivity contribution >= 4 is 15.2 Å². The standard InChI is InChI=1S/C26H41NO6P2/c1-5-30-34(28,31-6-2)25(21-19-23-15-11-9-12-16-23)27-26(35(29,32-7-3)33-8-4)22-20-24-17-13-10-14-18-24/h9-18,25-27H,5-8,19-22H2,1-4H3. The number of nitrogens with one attached hydrogen (secondary N) is 1. The lowest BCUT2D eigenvalue weighted by Crippen LogP contribution is -2.40. The second kappa shape index (κ2) is 15.7. The molecule has 0 radical (unpaired) electrons. The molecule has 196 valence electrons. The van der Waals surface area contributed by atoms with Crippen LogP contribution in [0.5, 0.6) is 0 Å². The molecule has 0 aromatic heterocycles. The molecule has 0 aliphatic carbocycles.